The van der Waals surface area contributed by atoms with Gasteiger partial charge in [-0.2, -0.15) is 0 Å². The van der Waals surface area contributed by atoms with Crippen LogP contribution < -0.4 is 0 Å². The molecular formula is C13H23FO. The average molecular weight is 214 g/mol. The topological polar surface area (TPSA) is 20.2 Å². The fourth-order valence-corrected chi connectivity index (χ4v) is 1.03. The highest BCUT2D eigenvalue weighted by Gasteiger charge is 2.05. The standard InChI is InChI=1S/C9H11FO.2C2H6/c1-6-3-4-7(2)9(10)8(6)5-11;2*1-2/h3-4,11H,5H2,1-2H3;2*1-2H3. The van der Waals surface area contributed by atoms with E-state index >= 15 is 0 Å². The van der Waals surface area contributed by atoms with Crippen molar-refractivity contribution in [2.75, 3.05) is 0 Å². The molecule has 0 aliphatic carbocycles. The molecule has 0 aliphatic heterocycles. The minimum Gasteiger partial charge on any atom is -0.392 e. The van der Waals surface area contributed by atoms with Crippen LogP contribution in [-0.2, 0) is 6.61 Å². The summed E-state index contributed by atoms with van der Waals surface area (Å²) in [6, 6.07) is 3.52. The van der Waals surface area contributed by atoms with E-state index in [2.05, 4.69) is 0 Å². The minimum absolute atomic E-state index is 0.223. The fourth-order valence-electron chi connectivity index (χ4n) is 1.03. The van der Waals surface area contributed by atoms with Crippen LogP contribution in [0.15, 0.2) is 12.1 Å². The predicted molar refractivity (Wildman–Crippen MR) is 64.5 cm³/mol. The van der Waals surface area contributed by atoms with E-state index in [1.807, 2.05) is 33.8 Å². The van der Waals surface area contributed by atoms with E-state index in [4.69, 9.17) is 5.11 Å². The zero-order chi connectivity index (χ0) is 12.4. The van der Waals surface area contributed by atoms with E-state index < -0.39 is 0 Å². The van der Waals surface area contributed by atoms with Crippen molar-refractivity contribution in [2.45, 2.75) is 48.1 Å². The summed E-state index contributed by atoms with van der Waals surface area (Å²) in [6.45, 7) is 11.3. The zero-order valence-corrected chi connectivity index (χ0v) is 10.7. The molecule has 0 saturated heterocycles. The Morgan fingerprint density at radius 3 is 1.73 bits per heavy atom. The Kier molecular flexibility index (Phi) is 10.6. The van der Waals surface area contributed by atoms with Crippen molar-refractivity contribution >= 4 is 0 Å². The van der Waals surface area contributed by atoms with Gasteiger partial charge in [-0.15, -0.1) is 0 Å². The molecule has 1 nitrogen and oxygen atoms in total. The summed E-state index contributed by atoms with van der Waals surface area (Å²) in [5.74, 6) is -0.285. The lowest BCUT2D eigenvalue weighted by molar-refractivity contribution is 0.274. The van der Waals surface area contributed by atoms with Gasteiger partial charge in [0.25, 0.3) is 0 Å². The first-order chi connectivity index (χ1) is 7.16. The molecule has 2 heteroatoms. The van der Waals surface area contributed by atoms with Crippen LogP contribution >= 0.6 is 0 Å². The molecule has 1 aromatic rings. The van der Waals surface area contributed by atoms with Gasteiger partial charge in [0.05, 0.1) is 6.61 Å². The number of aryl methyl sites for hydroxylation is 2. The van der Waals surface area contributed by atoms with Crippen LogP contribution in [0.3, 0.4) is 0 Å². The lowest BCUT2D eigenvalue weighted by Crippen LogP contribution is -1.96. The van der Waals surface area contributed by atoms with Gasteiger partial charge in [-0.1, -0.05) is 39.8 Å². The number of halogens is 1. The molecule has 0 radical (unpaired) electrons. The molecular weight excluding hydrogens is 191 g/mol. The van der Waals surface area contributed by atoms with Crippen molar-refractivity contribution in [2.24, 2.45) is 0 Å². The molecule has 1 rings (SSSR count). The van der Waals surface area contributed by atoms with Crippen molar-refractivity contribution in [3.63, 3.8) is 0 Å². The Balaban J connectivity index is 0. The first-order valence-electron chi connectivity index (χ1n) is 5.52. The van der Waals surface area contributed by atoms with E-state index in [1.54, 1.807) is 19.9 Å². The van der Waals surface area contributed by atoms with Crippen LogP contribution in [-0.4, -0.2) is 5.11 Å². The van der Waals surface area contributed by atoms with E-state index in [1.165, 1.54) is 0 Å². The highest BCUT2D eigenvalue weighted by Crippen LogP contribution is 2.16. The van der Waals surface area contributed by atoms with Gasteiger partial charge in [0, 0.05) is 5.56 Å². The molecule has 0 saturated carbocycles. The summed E-state index contributed by atoms with van der Waals surface area (Å²) in [5.41, 5.74) is 1.79. The lowest BCUT2D eigenvalue weighted by atomic mass is 10.1. The fraction of sp³-hybridized carbons (Fsp3) is 0.538. The molecule has 1 aromatic carbocycles. The van der Waals surface area contributed by atoms with Crippen LogP contribution in [0.25, 0.3) is 0 Å². The Morgan fingerprint density at radius 2 is 1.40 bits per heavy atom. The summed E-state index contributed by atoms with van der Waals surface area (Å²) in [5, 5.41) is 8.78. The maximum atomic E-state index is 13.1. The highest BCUT2D eigenvalue weighted by molar-refractivity contribution is 5.31. The van der Waals surface area contributed by atoms with Gasteiger partial charge in [0.1, 0.15) is 5.82 Å². The molecule has 0 spiro atoms. The van der Waals surface area contributed by atoms with Crippen LogP contribution in [0.4, 0.5) is 4.39 Å². The summed E-state index contributed by atoms with van der Waals surface area (Å²) >= 11 is 0. The number of benzene rings is 1. The Hall–Kier alpha value is -0.890. The number of hydrogen-bond acceptors (Lipinski definition) is 1. The third kappa shape index (κ3) is 4.93. The first-order valence-corrected chi connectivity index (χ1v) is 5.52. The molecule has 0 unspecified atom stereocenters. The van der Waals surface area contributed by atoms with E-state index in [0.29, 0.717) is 11.1 Å². The van der Waals surface area contributed by atoms with Gasteiger partial charge >= 0.3 is 0 Å². The SMILES string of the molecule is CC.CC.Cc1ccc(C)c(CO)c1F. The summed E-state index contributed by atoms with van der Waals surface area (Å²) < 4.78 is 13.1. The van der Waals surface area contributed by atoms with Gasteiger partial charge in [0.2, 0.25) is 0 Å². The highest BCUT2D eigenvalue weighted by atomic mass is 19.1. The second-order valence-electron chi connectivity index (χ2n) is 2.65. The Bertz CT molecular complexity index is 269. The molecule has 0 fully saturated rings. The molecule has 0 aromatic heterocycles. The summed E-state index contributed by atoms with van der Waals surface area (Å²) in [7, 11) is 0. The molecule has 15 heavy (non-hydrogen) atoms. The third-order valence-electron chi connectivity index (χ3n) is 1.83. The Labute approximate surface area is 93.0 Å². The quantitative estimate of drug-likeness (QED) is 0.749. The molecule has 0 heterocycles. The van der Waals surface area contributed by atoms with Gasteiger partial charge < -0.3 is 5.11 Å². The van der Waals surface area contributed by atoms with E-state index in [9.17, 15) is 4.39 Å². The van der Waals surface area contributed by atoms with Gasteiger partial charge in [-0.3, -0.25) is 0 Å². The normalized spacial score (nSPS) is 8.27. The first kappa shape index (κ1) is 16.5. The molecule has 1 N–H and O–H groups in total. The van der Waals surface area contributed by atoms with Crippen molar-refractivity contribution in [1.82, 2.24) is 0 Å². The van der Waals surface area contributed by atoms with Gasteiger partial charge in [-0.05, 0) is 25.0 Å². The minimum atomic E-state index is -0.285. The molecule has 0 amide bonds. The van der Waals surface area contributed by atoms with Crippen LogP contribution in [0.5, 0.6) is 0 Å². The van der Waals surface area contributed by atoms with Crippen LogP contribution in [0.1, 0.15) is 44.4 Å². The van der Waals surface area contributed by atoms with E-state index in [-0.39, 0.29) is 12.4 Å². The summed E-state index contributed by atoms with van der Waals surface area (Å²) in [4.78, 5) is 0. The molecule has 88 valence electrons. The number of rotatable bonds is 1. The number of hydrogen-bond donors (Lipinski definition) is 1. The van der Waals surface area contributed by atoms with Gasteiger partial charge in [-0.25, -0.2) is 4.39 Å². The largest absolute Gasteiger partial charge is 0.392 e. The number of aliphatic hydroxyl groups excluding tert-OH is 1. The predicted octanol–water partition coefficient (Wildman–Crippen LogP) is 3.99. The molecule has 0 atom stereocenters. The molecule has 0 bridgehead atoms. The number of aliphatic hydroxyl groups is 1. The maximum absolute atomic E-state index is 13.1. The maximum Gasteiger partial charge on any atom is 0.131 e. The average Bonchev–Trinajstić information content (AvgIpc) is 2.30. The van der Waals surface area contributed by atoms with Crippen molar-refractivity contribution < 1.29 is 9.50 Å². The van der Waals surface area contributed by atoms with Crippen molar-refractivity contribution in [3.8, 4) is 0 Å². The Morgan fingerprint density at radius 1 is 1.00 bits per heavy atom. The monoisotopic (exact) mass is 214 g/mol. The third-order valence-corrected chi connectivity index (χ3v) is 1.83. The van der Waals surface area contributed by atoms with Gasteiger partial charge in [0.15, 0.2) is 0 Å². The smallest absolute Gasteiger partial charge is 0.131 e. The van der Waals surface area contributed by atoms with Crippen LogP contribution in [0, 0.1) is 19.7 Å². The zero-order valence-electron chi connectivity index (χ0n) is 10.7. The van der Waals surface area contributed by atoms with Crippen molar-refractivity contribution in [1.29, 1.82) is 0 Å². The summed E-state index contributed by atoms with van der Waals surface area (Å²) in [6.07, 6.45) is 0. The molecule has 0 aliphatic rings. The second-order valence-corrected chi connectivity index (χ2v) is 2.65. The van der Waals surface area contributed by atoms with Crippen molar-refractivity contribution in [3.05, 3.63) is 34.6 Å². The second kappa shape index (κ2) is 9.66. The lowest BCUT2D eigenvalue weighted by Gasteiger charge is -2.05. The van der Waals surface area contributed by atoms with Crippen LogP contribution in [0.2, 0.25) is 0 Å². The van der Waals surface area contributed by atoms with E-state index in [0.717, 1.165) is 5.56 Å².